The highest BCUT2D eigenvalue weighted by Crippen LogP contribution is 2.24. The zero-order valence-corrected chi connectivity index (χ0v) is 11.7. The average molecular weight is 280 g/mol. The Bertz CT molecular complexity index is 450. The molecular formula is C15H21FN2O2. The molecule has 2 rings (SSSR count). The molecule has 2 unspecified atom stereocenters. The van der Waals surface area contributed by atoms with Crippen LogP contribution in [-0.2, 0) is 11.3 Å². The number of hydrogen-bond donors (Lipinski definition) is 1. The van der Waals surface area contributed by atoms with Crippen molar-refractivity contribution in [3.63, 3.8) is 0 Å². The molecular weight excluding hydrogens is 259 g/mol. The molecule has 1 aromatic rings. The van der Waals surface area contributed by atoms with Crippen molar-refractivity contribution in [2.45, 2.75) is 25.5 Å². The van der Waals surface area contributed by atoms with Gasteiger partial charge in [-0.15, -0.1) is 0 Å². The Morgan fingerprint density at radius 1 is 1.50 bits per heavy atom. The third kappa shape index (κ3) is 3.93. The van der Waals surface area contributed by atoms with Gasteiger partial charge in [-0.05, 0) is 18.9 Å². The van der Waals surface area contributed by atoms with Crippen LogP contribution in [0.2, 0.25) is 0 Å². The molecule has 0 spiro atoms. The maximum Gasteiger partial charge on any atom is 0.410 e. The van der Waals surface area contributed by atoms with Crippen LogP contribution in [0.15, 0.2) is 30.3 Å². The second-order valence-electron chi connectivity index (χ2n) is 5.80. The summed E-state index contributed by atoms with van der Waals surface area (Å²) in [5.41, 5.74) is 6.43. The maximum absolute atomic E-state index is 12.9. The van der Waals surface area contributed by atoms with Crippen LogP contribution in [0.4, 0.5) is 9.18 Å². The van der Waals surface area contributed by atoms with Gasteiger partial charge in [-0.3, -0.25) is 4.39 Å². The van der Waals surface area contributed by atoms with E-state index in [9.17, 15) is 9.18 Å². The zero-order chi connectivity index (χ0) is 14.6. The Morgan fingerprint density at radius 3 is 2.85 bits per heavy atom. The highest BCUT2D eigenvalue weighted by molar-refractivity contribution is 5.68. The van der Waals surface area contributed by atoms with E-state index in [1.807, 2.05) is 37.3 Å². The number of piperidine rings is 1. The molecule has 4 nitrogen and oxygen atoms in total. The SMILES string of the molecule is CC1(N)CC(CF)CN(C(=O)OCc2ccccc2)C1. The Morgan fingerprint density at radius 2 is 2.20 bits per heavy atom. The van der Waals surface area contributed by atoms with Gasteiger partial charge >= 0.3 is 6.09 Å². The van der Waals surface area contributed by atoms with Crippen molar-refractivity contribution in [1.82, 2.24) is 4.90 Å². The highest BCUT2D eigenvalue weighted by atomic mass is 19.1. The van der Waals surface area contributed by atoms with E-state index in [-0.39, 0.29) is 12.5 Å². The van der Waals surface area contributed by atoms with Crippen molar-refractivity contribution in [2.24, 2.45) is 11.7 Å². The summed E-state index contributed by atoms with van der Waals surface area (Å²) in [5, 5.41) is 0. The summed E-state index contributed by atoms with van der Waals surface area (Å²) in [5.74, 6) is -0.206. The summed E-state index contributed by atoms with van der Waals surface area (Å²) in [6, 6.07) is 9.46. The molecule has 110 valence electrons. The summed E-state index contributed by atoms with van der Waals surface area (Å²) < 4.78 is 18.1. The van der Waals surface area contributed by atoms with Gasteiger partial charge in [-0.2, -0.15) is 0 Å². The molecule has 1 aliphatic rings. The van der Waals surface area contributed by atoms with Crippen molar-refractivity contribution in [2.75, 3.05) is 19.8 Å². The third-order valence-corrected chi connectivity index (χ3v) is 3.47. The molecule has 1 fully saturated rings. The summed E-state index contributed by atoms with van der Waals surface area (Å²) >= 11 is 0. The topological polar surface area (TPSA) is 55.6 Å². The van der Waals surface area contributed by atoms with Gasteiger partial charge in [0, 0.05) is 24.5 Å². The Balaban J connectivity index is 1.91. The molecule has 1 amide bonds. The second-order valence-corrected chi connectivity index (χ2v) is 5.80. The van der Waals surface area contributed by atoms with E-state index in [1.165, 1.54) is 4.90 Å². The first-order valence-electron chi connectivity index (χ1n) is 6.81. The van der Waals surface area contributed by atoms with E-state index in [0.29, 0.717) is 19.5 Å². The van der Waals surface area contributed by atoms with Crippen LogP contribution in [0.3, 0.4) is 0 Å². The molecule has 0 radical (unpaired) electrons. The van der Waals surface area contributed by atoms with Crippen LogP contribution in [0.25, 0.3) is 0 Å². The van der Waals surface area contributed by atoms with Crippen molar-refractivity contribution in [1.29, 1.82) is 0 Å². The molecule has 5 heteroatoms. The third-order valence-electron chi connectivity index (χ3n) is 3.47. The number of nitrogens with two attached hydrogens (primary N) is 1. The van der Waals surface area contributed by atoms with Gasteiger partial charge in [-0.1, -0.05) is 30.3 Å². The predicted octanol–water partition coefficient (Wildman–Crippen LogP) is 2.33. The quantitative estimate of drug-likeness (QED) is 0.924. The van der Waals surface area contributed by atoms with Crippen LogP contribution in [0.1, 0.15) is 18.9 Å². The normalized spacial score (nSPS) is 26.4. The number of likely N-dealkylation sites (tertiary alicyclic amines) is 1. The lowest BCUT2D eigenvalue weighted by atomic mass is 9.86. The van der Waals surface area contributed by atoms with E-state index in [0.717, 1.165) is 5.56 Å². The number of alkyl halides is 1. The van der Waals surface area contributed by atoms with E-state index < -0.39 is 18.3 Å². The van der Waals surface area contributed by atoms with Gasteiger partial charge < -0.3 is 15.4 Å². The molecule has 1 saturated heterocycles. The van der Waals surface area contributed by atoms with Gasteiger partial charge in [-0.25, -0.2) is 4.79 Å². The van der Waals surface area contributed by atoms with Gasteiger partial charge in [0.15, 0.2) is 0 Å². The Labute approximate surface area is 118 Å². The van der Waals surface area contributed by atoms with E-state index in [1.54, 1.807) is 0 Å². The van der Waals surface area contributed by atoms with Crippen LogP contribution >= 0.6 is 0 Å². The van der Waals surface area contributed by atoms with E-state index >= 15 is 0 Å². The zero-order valence-electron chi connectivity index (χ0n) is 11.7. The van der Waals surface area contributed by atoms with Gasteiger partial charge in [0.25, 0.3) is 0 Å². The Kier molecular flexibility index (Phi) is 4.60. The molecule has 0 bridgehead atoms. The fourth-order valence-electron chi connectivity index (χ4n) is 2.65. The standard InChI is InChI=1S/C15H21FN2O2/c1-15(17)7-13(8-16)9-18(11-15)14(19)20-10-12-5-3-2-4-6-12/h2-6,13H,7-11,17H2,1H3. The van der Waals surface area contributed by atoms with Crippen molar-refractivity contribution in [3.05, 3.63) is 35.9 Å². The smallest absolute Gasteiger partial charge is 0.410 e. The molecule has 1 heterocycles. The molecule has 2 N–H and O–H groups in total. The largest absolute Gasteiger partial charge is 0.445 e. The number of carbonyl (C=O) groups excluding carboxylic acids is 1. The first kappa shape index (κ1) is 14.8. The number of carbonyl (C=O) groups is 1. The first-order chi connectivity index (χ1) is 9.50. The minimum absolute atomic E-state index is 0.206. The molecule has 20 heavy (non-hydrogen) atoms. The number of nitrogens with zero attached hydrogens (tertiary/aromatic N) is 1. The number of hydrogen-bond acceptors (Lipinski definition) is 3. The van der Waals surface area contributed by atoms with E-state index in [4.69, 9.17) is 10.5 Å². The number of ether oxygens (including phenoxy) is 1. The summed E-state index contributed by atoms with van der Waals surface area (Å²) in [4.78, 5) is 13.6. The maximum atomic E-state index is 12.9. The number of rotatable bonds is 3. The number of benzene rings is 1. The van der Waals surface area contributed by atoms with Crippen LogP contribution in [0, 0.1) is 5.92 Å². The lowest BCUT2D eigenvalue weighted by Crippen LogP contribution is -2.57. The summed E-state index contributed by atoms with van der Waals surface area (Å²) in [6.07, 6.45) is 0.162. The van der Waals surface area contributed by atoms with Gasteiger partial charge in [0.2, 0.25) is 0 Å². The highest BCUT2D eigenvalue weighted by Gasteiger charge is 2.36. The molecule has 2 atom stereocenters. The van der Waals surface area contributed by atoms with Crippen molar-refractivity contribution < 1.29 is 13.9 Å². The molecule has 0 aromatic heterocycles. The van der Waals surface area contributed by atoms with Gasteiger partial charge in [0.05, 0.1) is 6.67 Å². The average Bonchev–Trinajstić information content (AvgIpc) is 2.44. The van der Waals surface area contributed by atoms with Crippen molar-refractivity contribution >= 4 is 6.09 Å². The molecule has 0 aliphatic carbocycles. The molecule has 1 aliphatic heterocycles. The molecule has 1 aromatic carbocycles. The lowest BCUT2D eigenvalue weighted by Gasteiger charge is -2.40. The van der Waals surface area contributed by atoms with Crippen LogP contribution < -0.4 is 5.73 Å². The lowest BCUT2D eigenvalue weighted by molar-refractivity contribution is 0.0554. The van der Waals surface area contributed by atoms with E-state index in [2.05, 4.69) is 0 Å². The Hall–Kier alpha value is -1.62. The fourth-order valence-corrected chi connectivity index (χ4v) is 2.65. The summed E-state index contributed by atoms with van der Waals surface area (Å²) in [6.45, 7) is 2.37. The number of halogens is 1. The summed E-state index contributed by atoms with van der Waals surface area (Å²) in [7, 11) is 0. The van der Waals surface area contributed by atoms with Crippen LogP contribution in [-0.4, -0.2) is 36.3 Å². The molecule has 0 saturated carbocycles. The number of amides is 1. The predicted molar refractivity (Wildman–Crippen MR) is 74.9 cm³/mol. The van der Waals surface area contributed by atoms with Crippen molar-refractivity contribution in [3.8, 4) is 0 Å². The van der Waals surface area contributed by atoms with Gasteiger partial charge in [0.1, 0.15) is 6.61 Å². The first-order valence-corrected chi connectivity index (χ1v) is 6.81. The fraction of sp³-hybridized carbons (Fsp3) is 0.533. The van der Waals surface area contributed by atoms with Crippen LogP contribution in [0.5, 0.6) is 0 Å². The second kappa shape index (κ2) is 6.22. The minimum Gasteiger partial charge on any atom is -0.445 e. The monoisotopic (exact) mass is 280 g/mol. The minimum atomic E-state index is -0.555.